The quantitative estimate of drug-likeness (QED) is 0.576. The molecule has 1 aliphatic carbocycles. The molecule has 0 spiro atoms. The van der Waals surface area contributed by atoms with E-state index in [1.165, 1.54) is 5.56 Å². The largest absolute Gasteiger partial charge is 0.349 e. The smallest absolute Gasteiger partial charge is 0.253 e. The van der Waals surface area contributed by atoms with Crippen LogP contribution in [0.2, 0.25) is 0 Å². The first-order valence-electron chi connectivity index (χ1n) is 9.32. The van der Waals surface area contributed by atoms with Gasteiger partial charge < -0.3 is 5.32 Å². The maximum Gasteiger partial charge on any atom is 0.253 e. The lowest BCUT2D eigenvalue weighted by molar-refractivity contribution is 0.0950. The van der Waals surface area contributed by atoms with Crippen LogP contribution in [-0.4, -0.2) is 32.1 Å². The Morgan fingerprint density at radius 3 is 2.82 bits per heavy atom. The minimum Gasteiger partial charge on any atom is -0.349 e. The van der Waals surface area contributed by atoms with E-state index in [1.54, 1.807) is 12.4 Å². The standard InChI is InChI=1S/C22H19N5O/c1-13-9-15(7-8-23-13)20-18-10-16(12-24-21(18)27-26-20)22(28)25-19-11-17(19)14-5-3-2-4-6-14/h2-10,12,17,19H,11H2,1H3,(H,25,28)(H,24,26,27)/t17-,19+/m0/s1. The fourth-order valence-corrected chi connectivity index (χ4v) is 3.62. The van der Waals surface area contributed by atoms with Gasteiger partial charge in [0.25, 0.3) is 5.91 Å². The van der Waals surface area contributed by atoms with Crippen LogP contribution in [0, 0.1) is 6.92 Å². The van der Waals surface area contributed by atoms with Crippen LogP contribution in [0.15, 0.2) is 60.9 Å². The minimum absolute atomic E-state index is 0.101. The van der Waals surface area contributed by atoms with Crippen LogP contribution in [0.25, 0.3) is 22.3 Å². The van der Waals surface area contributed by atoms with Crippen LogP contribution < -0.4 is 5.32 Å². The lowest BCUT2D eigenvalue weighted by Crippen LogP contribution is -2.26. The van der Waals surface area contributed by atoms with E-state index < -0.39 is 0 Å². The zero-order valence-electron chi connectivity index (χ0n) is 15.4. The molecule has 6 nitrogen and oxygen atoms in total. The lowest BCUT2D eigenvalue weighted by Gasteiger charge is -2.05. The second-order valence-electron chi connectivity index (χ2n) is 7.21. The maximum atomic E-state index is 12.7. The van der Waals surface area contributed by atoms with Gasteiger partial charge in [0.15, 0.2) is 5.65 Å². The van der Waals surface area contributed by atoms with E-state index in [0.29, 0.717) is 17.1 Å². The number of pyridine rings is 2. The molecule has 0 radical (unpaired) electrons. The van der Waals surface area contributed by atoms with Gasteiger partial charge in [-0.3, -0.25) is 14.9 Å². The number of nitrogens with one attached hydrogen (secondary N) is 2. The summed E-state index contributed by atoms with van der Waals surface area (Å²) in [4.78, 5) is 21.4. The first-order valence-corrected chi connectivity index (χ1v) is 9.32. The van der Waals surface area contributed by atoms with Crippen molar-refractivity contribution in [1.29, 1.82) is 0 Å². The third-order valence-electron chi connectivity index (χ3n) is 5.18. The molecule has 3 heterocycles. The molecule has 138 valence electrons. The van der Waals surface area contributed by atoms with Gasteiger partial charge in [-0.2, -0.15) is 5.10 Å². The topological polar surface area (TPSA) is 83.6 Å². The number of H-pyrrole nitrogens is 1. The Morgan fingerprint density at radius 1 is 1.14 bits per heavy atom. The summed E-state index contributed by atoms with van der Waals surface area (Å²) in [6.45, 7) is 1.94. The number of carbonyl (C=O) groups excluding carboxylic acids is 1. The van der Waals surface area contributed by atoms with E-state index in [-0.39, 0.29) is 11.9 Å². The van der Waals surface area contributed by atoms with Gasteiger partial charge in [0.05, 0.1) is 5.56 Å². The summed E-state index contributed by atoms with van der Waals surface area (Å²) < 4.78 is 0. The molecule has 4 aromatic rings. The van der Waals surface area contributed by atoms with Gasteiger partial charge in [-0.1, -0.05) is 30.3 Å². The summed E-state index contributed by atoms with van der Waals surface area (Å²) in [6, 6.07) is 16.2. The lowest BCUT2D eigenvalue weighted by atomic mass is 10.1. The molecular weight excluding hydrogens is 350 g/mol. The van der Waals surface area contributed by atoms with Gasteiger partial charge in [-0.15, -0.1) is 0 Å². The Balaban J connectivity index is 1.39. The molecule has 6 heteroatoms. The number of hydrogen-bond donors (Lipinski definition) is 2. The molecule has 0 saturated heterocycles. The highest BCUT2D eigenvalue weighted by molar-refractivity contribution is 6.00. The van der Waals surface area contributed by atoms with E-state index in [9.17, 15) is 4.79 Å². The van der Waals surface area contributed by atoms with Crippen molar-refractivity contribution in [3.8, 4) is 11.3 Å². The Labute approximate surface area is 162 Å². The second kappa shape index (κ2) is 6.56. The van der Waals surface area contributed by atoms with E-state index in [0.717, 1.165) is 28.8 Å². The fraction of sp³-hybridized carbons (Fsp3) is 0.182. The van der Waals surface area contributed by atoms with Crippen LogP contribution >= 0.6 is 0 Å². The van der Waals surface area contributed by atoms with E-state index in [1.807, 2.05) is 43.3 Å². The van der Waals surface area contributed by atoms with Gasteiger partial charge in [0, 0.05) is 41.0 Å². The number of rotatable bonds is 4. The number of hydrogen-bond acceptors (Lipinski definition) is 4. The number of aromatic nitrogens is 4. The molecule has 2 N–H and O–H groups in total. The normalized spacial score (nSPS) is 18.2. The molecule has 0 unspecified atom stereocenters. The number of amides is 1. The van der Waals surface area contributed by atoms with Crippen molar-refractivity contribution in [2.45, 2.75) is 25.3 Å². The van der Waals surface area contributed by atoms with Crippen molar-refractivity contribution in [3.05, 3.63) is 77.7 Å². The molecule has 3 aromatic heterocycles. The third-order valence-corrected chi connectivity index (χ3v) is 5.18. The van der Waals surface area contributed by atoms with Crippen molar-refractivity contribution in [3.63, 3.8) is 0 Å². The van der Waals surface area contributed by atoms with Crippen LogP contribution in [-0.2, 0) is 0 Å². The molecule has 1 aliphatic rings. The van der Waals surface area contributed by atoms with Gasteiger partial charge in [0.1, 0.15) is 5.69 Å². The highest BCUT2D eigenvalue weighted by Gasteiger charge is 2.39. The van der Waals surface area contributed by atoms with Crippen molar-refractivity contribution in [2.75, 3.05) is 0 Å². The highest BCUT2D eigenvalue weighted by Crippen LogP contribution is 2.40. The Morgan fingerprint density at radius 2 is 2.00 bits per heavy atom. The summed E-state index contributed by atoms with van der Waals surface area (Å²) in [5.74, 6) is 0.294. The van der Waals surface area contributed by atoms with E-state index >= 15 is 0 Å². The third kappa shape index (κ3) is 3.03. The zero-order valence-corrected chi connectivity index (χ0v) is 15.4. The first-order chi connectivity index (χ1) is 13.7. The molecule has 5 rings (SSSR count). The second-order valence-corrected chi connectivity index (χ2v) is 7.21. The molecule has 1 amide bonds. The number of nitrogens with zero attached hydrogens (tertiary/aromatic N) is 3. The molecule has 1 aromatic carbocycles. The number of benzene rings is 1. The van der Waals surface area contributed by atoms with Crippen molar-refractivity contribution in [1.82, 2.24) is 25.5 Å². The van der Waals surface area contributed by atoms with E-state index in [4.69, 9.17) is 0 Å². The van der Waals surface area contributed by atoms with Crippen LogP contribution in [0.4, 0.5) is 0 Å². The summed E-state index contributed by atoms with van der Waals surface area (Å²) in [7, 11) is 0. The minimum atomic E-state index is -0.101. The summed E-state index contributed by atoms with van der Waals surface area (Å²) in [5, 5.41) is 11.3. The predicted molar refractivity (Wildman–Crippen MR) is 107 cm³/mol. The van der Waals surface area contributed by atoms with Crippen LogP contribution in [0.1, 0.15) is 34.0 Å². The maximum absolute atomic E-state index is 12.7. The summed E-state index contributed by atoms with van der Waals surface area (Å²) in [6.07, 6.45) is 4.32. The Hall–Kier alpha value is -3.54. The first kappa shape index (κ1) is 16.6. The average molecular weight is 369 g/mol. The van der Waals surface area contributed by atoms with Crippen molar-refractivity contribution >= 4 is 16.9 Å². The van der Waals surface area contributed by atoms with Crippen molar-refractivity contribution in [2.24, 2.45) is 0 Å². The highest BCUT2D eigenvalue weighted by atomic mass is 16.1. The SMILES string of the molecule is Cc1cc(-c2n[nH]c3ncc(C(=O)N[C@@H]4C[C@H]4c4ccccc4)cc23)ccn1. The molecule has 28 heavy (non-hydrogen) atoms. The number of fused-ring (bicyclic) bond motifs is 1. The average Bonchev–Trinajstić information content (AvgIpc) is 3.35. The van der Waals surface area contributed by atoms with Crippen LogP contribution in [0.5, 0.6) is 0 Å². The van der Waals surface area contributed by atoms with Gasteiger partial charge in [-0.25, -0.2) is 4.98 Å². The van der Waals surface area contributed by atoms with Gasteiger partial charge >= 0.3 is 0 Å². The molecule has 2 atom stereocenters. The van der Waals surface area contributed by atoms with Crippen molar-refractivity contribution < 1.29 is 4.79 Å². The molecular formula is C22H19N5O. The predicted octanol–water partition coefficient (Wildman–Crippen LogP) is 3.61. The number of aryl methyl sites for hydroxylation is 1. The van der Waals surface area contributed by atoms with E-state index in [2.05, 4.69) is 37.6 Å². The van der Waals surface area contributed by atoms with Crippen LogP contribution in [0.3, 0.4) is 0 Å². The summed E-state index contributed by atoms with van der Waals surface area (Å²) in [5.41, 5.74) is 5.11. The molecule has 0 aliphatic heterocycles. The number of carbonyl (C=O) groups is 1. The molecule has 0 bridgehead atoms. The monoisotopic (exact) mass is 369 g/mol. The number of aromatic amines is 1. The molecule has 1 fully saturated rings. The Kier molecular flexibility index (Phi) is 3.90. The zero-order chi connectivity index (χ0) is 19.1. The fourth-order valence-electron chi connectivity index (χ4n) is 3.62. The summed E-state index contributed by atoms with van der Waals surface area (Å²) >= 11 is 0. The van der Waals surface area contributed by atoms with Gasteiger partial charge in [0.2, 0.25) is 0 Å². The molecule has 1 saturated carbocycles. The Bertz CT molecular complexity index is 1170. The van der Waals surface area contributed by atoms with Gasteiger partial charge in [-0.05, 0) is 37.1 Å².